The van der Waals surface area contributed by atoms with E-state index in [9.17, 15) is 4.39 Å². The Bertz CT molecular complexity index is 490. The van der Waals surface area contributed by atoms with Gasteiger partial charge < -0.3 is 5.32 Å². The number of hydrogen-bond acceptors (Lipinski definition) is 2. The lowest BCUT2D eigenvalue weighted by molar-refractivity contribution is 0.601. The molecule has 0 saturated heterocycles. The van der Waals surface area contributed by atoms with Crippen molar-refractivity contribution in [2.24, 2.45) is 0 Å². The van der Waals surface area contributed by atoms with E-state index in [2.05, 4.69) is 18.3 Å². The molecule has 0 atom stereocenters. The molecule has 2 aromatic rings. The molecule has 1 nitrogen and oxygen atoms in total. The number of halogens is 1. The Morgan fingerprint density at radius 3 is 2.62 bits per heavy atom. The van der Waals surface area contributed by atoms with Crippen molar-refractivity contribution in [1.29, 1.82) is 0 Å². The monoisotopic (exact) mass is 235 g/mol. The second-order valence-electron chi connectivity index (χ2n) is 3.75. The normalized spacial score (nSPS) is 10.7. The fourth-order valence-electron chi connectivity index (χ4n) is 1.62. The van der Waals surface area contributed by atoms with E-state index in [1.165, 1.54) is 4.88 Å². The average molecular weight is 235 g/mol. The van der Waals surface area contributed by atoms with E-state index in [0.29, 0.717) is 12.1 Å². The molecule has 0 unspecified atom stereocenters. The Balaban J connectivity index is 2.34. The predicted molar refractivity (Wildman–Crippen MR) is 67.2 cm³/mol. The second kappa shape index (κ2) is 4.76. The molecule has 2 rings (SSSR count). The number of rotatable bonds is 3. The van der Waals surface area contributed by atoms with Crippen molar-refractivity contribution in [2.45, 2.75) is 13.5 Å². The van der Waals surface area contributed by atoms with Gasteiger partial charge in [0.1, 0.15) is 5.82 Å². The summed E-state index contributed by atoms with van der Waals surface area (Å²) in [4.78, 5) is 2.36. The average Bonchev–Trinajstić information content (AvgIpc) is 2.68. The Hall–Kier alpha value is -1.19. The number of nitrogens with one attached hydrogen (secondary N) is 1. The Morgan fingerprint density at radius 2 is 2.06 bits per heavy atom. The van der Waals surface area contributed by atoms with Crippen molar-refractivity contribution < 1.29 is 4.39 Å². The molecule has 1 aromatic heterocycles. The first-order valence-corrected chi connectivity index (χ1v) is 6.02. The summed E-state index contributed by atoms with van der Waals surface area (Å²) >= 11 is 1.69. The van der Waals surface area contributed by atoms with Crippen LogP contribution in [0.25, 0.3) is 10.4 Å². The smallest absolute Gasteiger partial charge is 0.128 e. The minimum absolute atomic E-state index is 0.141. The van der Waals surface area contributed by atoms with E-state index in [0.717, 1.165) is 10.4 Å². The largest absolute Gasteiger partial charge is 0.316 e. The third-order valence-corrected chi connectivity index (χ3v) is 3.49. The molecule has 1 N–H and O–H groups in total. The van der Waals surface area contributed by atoms with Crippen LogP contribution in [0.2, 0.25) is 0 Å². The van der Waals surface area contributed by atoms with Crippen LogP contribution in [0.15, 0.2) is 30.3 Å². The van der Waals surface area contributed by atoms with Crippen LogP contribution in [0, 0.1) is 12.7 Å². The second-order valence-corrected chi connectivity index (χ2v) is 5.03. The van der Waals surface area contributed by atoms with E-state index >= 15 is 0 Å². The third kappa shape index (κ3) is 2.31. The minimum Gasteiger partial charge on any atom is -0.316 e. The van der Waals surface area contributed by atoms with Crippen LogP contribution in [0.3, 0.4) is 0 Å². The topological polar surface area (TPSA) is 12.0 Å². The van der Waals surface area contributed by atoms with Crippen molar-refractivity contribution in [1.82, 2.24) is 5.32 Å². The molecule has 0 aliphatic heterocycles. The standard InChI is InChI=1S/C13H14FNS/c1-9-3-6-13(16-9)10-4-5-11(8-15-2)12(14)7-10/h3-7,15H,8H2,1-2H3. The van der Waals surface area contributed by atoms with Gasteiger partial charge in [-0.3, -0.25) is 0 Å². The molecule has 0 fully saturated rings. The lowest BCUT2D eigenvalue weighted by Gasteiger charge is -2.04. The van der Waals surface area contributed by atoms with Crippen molar-refractivity contribution in [3.05, 3.63) is 46.6 Å². The summed E-state index contributed by atoms with van der Waals surface area (Å²) in [7, 11) is 1.82. The maximum atomic E-state index is 13.7. The van der Waals surface area contributed by atoms with Crippen LogP contribution in [0.4, 0.5) is 4.39 Å². The summed E-state index contributed by atoms with van der Waals surface area (Å²) in [5.74, 6) is -0.141. The molecule has 0 amide bonds. The van der Waals surface area contributed by atoms with Crippen molar-refractivity contribution in [3.8, 4) is 10.4 Å². The summed E-state index contributed by atoms with van der Waals surface area (Å²) in [6.45, 7) is 2.62. The molecular formula is C13H14FNS. The number of benzene rings is 1. The lowest BCUT2D eigenvalue weighted by Crippen LogP contribution is -2.06. The SMILES string of the molecule is CNCc1ccc(-c2ccc(C)s2)cc1F. The van der Waals surface area contributed by atoms with Gasteiger partial charge in [0.25, 0.3) is 0 Å². The molecule has 16 heavy (non-hydrogen) atoms. The highest BCUT2D eigenvalue weighted by Gasteiger charge is 2.05. The van der Waals surface area contributed by atoms with Crippen LogP contribution in [0.1, 0.15) is 10.4 Å². The Labute approximate surface area is 98.9 Å². The predicted octanol–water partition coefficient (Wildman–Crippen LogP) is 3.58. The van der Waals surface area contributed by atoms with E-state index in [1.54, 1.807) is 17.4 Å². The first-order valence-electron chi connectivity index (χ1n) is 5.20. The molecule has 0 aliphatic carbocycles. The van der Waals surface area contributed by atoms with Gasteiger partial charge in [0.2, 0.25) is 0 Å². The highest BCUT2D eigenvalue weighted by atomic mass is 32.1. The number of hydrogen-bond donors (Lipinski definition) is 1. The van der Waals surface area contributed by atoms with Gasteiger partial charge in [-0.25, -0.2) is 4.39 Å². The maximum absolute atomic E-state index is 13.7. The number of thiophene rings is 1. The highest BCUT2D eigenvalue weighted by Crippen LogP contribution is 2.28. The zero-order valence-corrected chi connectivity index (χ0v) is 10.2. The maximum Gasteiger partial charge on any atom is 0.128 e. The third-order valence-electron chi connectivity index (χ3n) is 2.45. The summed E-state index contributed by atoms with van der Waals surface area (Å²) in [6.07, 6.45) is 0. The van der Waals surface area contributed by atoms with Crippen LogP contribution < -0.4 is 5.32 Å². The van der Waals surface area contributed by atoms with E-state index in [1.807, 2.05) is 25.2 Å². The van der Waals surface area contributed by atoms with Gasteiger partial charge in [0, 0.05) is 21.9 Å². The molecule has 3 heteroatoms. The fraction of sp³-hybridized carbons (Fsp3) is 0.231. The van der Waals surface area contributed by atoms with Gasteiger partial charge in [-0.1, -0.05) is 12.1 Å². The first kappa shape index (κ1) is 11.3. The van der Waals surface area contributed by atoms with E-state index in [-0.39, 0.29) is 5.82 Å². The van der Waals surface area contributed by atoms with Crippen molar-refractivity contribution in [3.63, 3.8) is 0 Å². The fourth-order valence-corrected chi connectivity index (χ4v) is 2.49. The molecule has 0 spiro atoms. The molecule has 84 valence electrons. The van der Waals surface area contributed by atoms with Crippen molar-refractivity contribution >= 4 is 11.3 Å². The van der Waals surface area contributed by atoms with Crippen LogP contribution in [-0.2, 0) is 6.54 Å². The van der Waals surface area contributed by atoms with Gasteiger partial charge in [-0.05, 0) is 37.7 Å². The number of aryl methyl sites for hydroxylation is 1. The molecule has 0 aliphatic rings. The summed E-state index contributed by atoms with van der Waals surface area (Å²) in [5, 5.41) is 2.95. The van der Waals surface area contributed by atoms with Crippen molar-refractivity contribution in [2.75, 3.05) is 7.05 Å². The first-order chi connectivity index (χ1) is 7.70. The lowest BCUT2D eigenvalue weighted by atomic mass is 10.1. The van der Waals surface area contributed by atoms with Crippen LogP contribution >= 0.6 is 11.3 Å². The van der Waals surface area contributed by atoms with Gasteiger partial charge in [0.15, 0.2) is 0 Å². The van der Waals surface area contributed by atoms with E-state index in [4.69, 9.17) is 0 Å². The summed E-state index contributed by atoms with van der Waals surface area (Å²) < 4.78 is 13.7. The summed E-state index contributed by atoms with van der Waals surface area (Å²) in [5.41, 5.74) is 1.66. The Morgan fingerprint density at radius 1 is 1.25 bits per heavy atom. The zero-order valence-electron chi connectivity index (χ0n) is 9.38. The molecule has 1 aromatic carbocycles. The highest BCUT2D eigenvalue weighted by molar-refractivity contribution is 7.15. The molecule has 1 heterocycles. The Kier molecular flexibility index (Phi) is 3.36. The van der Waals surface area contributed by atoms with Gasteiger partial charge in [-0.15, -0.1) is 11.3 Å². The van der Waals surface area contributed by atoms with Gasteiger partial charge in [-0.2, -0.15) is 0 Å². The zero-order chi connectivity index (χ0) is 11.5. The van der Waals surface area contributed by atoms with E-state index < -0.39 is 0 Å². The van der Waals surface area contributed by atoms with Crippen LogP contribution in [0.5, 0.6) is 0 Å². The quantitative estimate of drug-likeness (QED) is 0.857. The van der Waals surface area contributed by atoms with Crippen LogP contribution in [-0.4, -0.2) is 7.05 Å². The van der Waals surface area contributed by atoms with Gasteiger partial charge >= 0.3 is 0 Å². The summed E-state index contributed by atoms with van der Waals surface area (Å²) in [6, 6.07) is 9.52. The molecule has 0 saturated carbocycles. The molecular weight excluding hydrogens is 221 g/mol. The molecule has 0 bridgehead atoms. The van der Waals surface area contributed by atoms with Gasteiger partial charge in [0.05, 0.1) is 0 Å². The molecule has 0 radical (unpaired) electrons. The minimum atomic E-state index is -0.141.